The minimum absolute atomic E-state index is 0.110. The van der Waals surface area contributed by atoms with Crippen LogP contribution in [0, 0.1) is 13.8 Å². The van der Waals surface area contributed by atoms with Crippen LogP contribution in [0.2, 0.25) is 0 Å². The predicted octanol–water partition coefficient (Wildman–Crippen LogP) is 2.72. The first kappa shape index (κ1) is 16.5. The zero-order chi connectivity index (χ0) is 17.1. The van der Waals surface area contributed by atoms with Gasteiger partial charge in [-0.05, 0) is 48.7 Å². The molecule has 1 amide bonds. The minimum Gasteiger partial charge on any atom is -0.368 e. The molecule has 0 saturated carbocycles. The molecule has 0 unspecified atom stereocenters. The van der Waals surface area contributed by atoms with Crippen molar-refractivity contribution in [2.24, 2.45) is 5.73 Å². The van der Waals surface area contributed by atoms with Crippen LogP contribution in [0.3, 0.4) is 0 Å². The van der Waals surface area contributed by atoms with E-state index in [4.69, 9.17) is 5.73 Å². The molecule has 24 heavy (non-hydrogen) atoms. The first-order valence-corrected chi connectivity index (χ1v) is 8.49. The third-order valence-electron chi connectivity index (χ3n) is 4.71. The van der Waals surface area contributed by atoms with Crippen LogP contribution >= 0.6 is 0 Å². The SMILES string of the molecule is Cc1ccc(C)c(N2CCN(C(=O)c3ccc(CN)cc3)CC2)c1. The monoisotopic (exact) mass is 323 g/mol. The standard InChI is InChI=1S/C20H25N3O/c1-15-3-4-16(2)19(13-15)22-9-11-23(12-10-22)20(24)18-7-5-17(14-21)6-8-18/h3-8,13H,9-12,14,21H2,1-2H3. The molecule has 1 fully saturated rings. The Labute approximate surface area is 143 Å². The quantitative estimate of drug-likeness (QED) is 0.945. The number of hydrogen-bond acceptors (Lipinski definition) is 3. The van der Waals surface area contributed by atoms with Crippen molar-refractivity contribution < 1.29 is 4.79 Å². The number of benzene rings is 2. The van der Waals surface area contributed by atoms with Crippen LogP contribution < -0.4 is 10.6 Å². The second-order valence-electron chi connectivity index (χ2n) is 6.47. The van der Waals surface area contributed by atoms with Crippen molar-refractivity contribution in [3.05, 3.63) is 64.7 Å². The number of aryl methyl sites for hydroxylation is 2. The van der Waals surface area contributed by atoms with E-state index in [0.29, 0.717) is 6.54 Å². The molecule has 1 heterocycles. The molecule has 3 rings (SSSR count). The normalized spacial score (nSPS) is 14.8. The van der Waals surface area contributed by atoms with E-state index >= 15 is 0 Å². The maximum Gasteiger partial charge on any atom is 0.253 e. The molecule has 1 saturated heterocycles. The van der Waals surface area contributed by atoms with E-state index in [1.807, 2.05) is 29.2 Å². The highest BCUT2D eigenvalue weighted by Gasteiger charge is 2.23. The summed E-state index contributed by atoms with van der Waals surface area (Å²) < 4.78 is 0. The van der Waals surface area contributed by atoms with E-state index in [-0.39, 0.29) is 5.91 Å². The van der Waals surface area contributed by atoms with Crippen molar-refractivity contribution in [2.45, 2.75) is 20.4 Å². The van der Waals surface area contributed by atoms with Gasteiger partial charge in [-0.25, -0.2) is 0 Å². The molecule has 4 heteroatoms. The lowest BCUT2D eigenvalue weighted by Crippen LogP contribution is -2.49. The molecule has 4 nitrogen and oxygen atoms in total. The fraction of sp³-hybridized carbons (Fsp3) is 0.350. The Morgan fingerprint density at radius 2 is 1.67 bits per heavy atom. The summed E-state index contributed by atoms with van der Waals surface area (Å²) in [6.45, 7) is 8.02. The van der Waals surface area contributed by atoms with Crippen LogP contribution in [-0.2, 0) is 6.54 Å². The molecule has 0 aromatic heterocycles. The van der Waals surface area contributed by atoms with Gasteiger partial charge < -0.3 is 15.5 Å². The summed E-state index contributed by atoms with van der Waals surface area (Å²) in [5.41, 5.74) is 11.3. The van der Waals surface area contributed by atoms with Gasteiger partial charge in [0.1, 0.15) is 0 Å². The van der Waals surface area contributed by atoms with Gasteiger partial charge in [-0.3, -0.25) is 4.79 Å². The van der Waals surface area contributed by atoms with Gasteiger partial charge in [0.25, 0.3) is 5.91 Å². The molecule has 1 aliphatic rings. The highest BCUT2D eigenvalue weighted by Crippen LogP contribution is 2.23. The molecule has 1 aliphatic heterocycles. The number of anilines is 1. The third kappa shape index (κ3) is 3.44. The summed E-state index contributed by atoms with van der Waals surface area (Å²) in [5, 5.41) is 0. The van der Waals surface area contributed by atoms with Crippen molar-refractivity contribution in [1.82, 2.24) is 4.90 Å². The highest BCUT2D eigenvalue weighted by atomic mass is 16.2. The Balaban J connectivity index is 1.65. The maximum absolute atomic E-state index is 12.6. The third-order valence-corrected chi connectivity index (χ3v) is 4.71. The van der Waals surface area contributed by atoms with Crippen LogP contribution in [0.4, 0.5) is 5.69 Å². The summed E-state index contributed by atoms with van der Waals surface area (Å²) in [7, 11) is 0. The first-order valence-electron chi connectivity index (χ1n) is 8.49. The Morgan fingerprint density at radius 3 is 2.29 bits per heavy atom. The van der Waals surface area contributed by atoms with Gasteiger partial charge in [-0.15, -0.1) is 0 Å². The van der Waals surface area contributed by atoms with E-state index in [9.17, 15) is 4.79 Å². The molecule has 2 aromatic carbocycles. The number of carbonyl (C=O) groups excluding carboxylic acids is 1. The molecule has 126 valence electrons. The summed E-state index contributed by atoms with van der Waals surface area (Å²) in [6, 6.07) is 14.2. The Bertz CT molecular complexity index is 716. The van der Waals surface area contributed by atoms with Crippen molar-refractivity contribution >= 4 is 11.6 Å². The summed E-state index contributed by atoms with van der Waals surface area (Å²) in [5.74, 6) is 0.110. The van der Waals surface area contributed by atoms with Crippen LogP contribution in [0.15, 0.2) is 42.5 Å². The van der Waals surface area contributed by atoms with Crippen LogP contribution in [-0.4, -0.2) is 37.0 Å². The van der Waals surface area contributed by atoms with E-state index in [1.54, 1.807) is 0 Å². The number of carbonyl (C=O) groups is 1. The lowest BCUT2D eigenvalue weighted by Gasteiger charge is -2.37. The van der Waals surface area contributed by atoms with Gasteiger partial charge in [0.2, 0.25) is 0 Å². The van der Waals surface area contributed by atoms with Crippen molar-refractivity contribution in [1.29, 1.82) is 0 Å². The van der Waals surface area contributed by atoms with Crippen molar-refractivity contribution in [2.75, 3.05) is 31.1 Å². The molecule has 0 spiro atoms. The average molecular weight is 323 g/mol. The number of amides is 1. The van der Waals surface area contributed by atoms with Crippen molar-refractivity contribution in [3.63, 3.8) is 0 Å². The lowest BCUT2D eigenvalue weighted by molar-refractivity contribution is 0.0747. The topological polar surface area (TPSA) is 49.6 Å². The van der Waals surface area contributed by atoms with E-state index < -0.39 is 0 Å². The molecule has 0 aliphatic carbocycles. The second kappa shape index (κ2) is 7.05. The van der Waals surface area contributed by atoms with Crippen LogP contribution in [0.5, 0.6) is 0 Å². The Morgan fingerprint density at radius 1 is 1.00 bits per heavy atom. The number of piperazine rings is 1. The lowest BCUT2D eigenvalue weighted by atomic mass is 10.1. The first-order chi connectivity index (χ1) is 11.6. The zero-order valence-electron chi connectivity index (χ0n) is 14.5. The molecule has 2 aromatic rings. The average Bonchev–Trinajstić information content (AvgIpc) is 2.63. The molecule has 0 bridgehead atoms. The summed E-state index contributed by atoms with van der Waals surface area (Å²) in [4.78, 5) is 17.0. The minimum atomic E-state index is 0.110. The highest BCUT2D eigenvalue weighted by molar-refractivity contribution is 5.94. The fourth-order valence-electron chi connectivity index (χ4n) is 3.18. The van der Waals surface area contributed by atoms with Gasteiger partial charge in [0.05, 0.1) is 0 Å². The predicted molar refractivity (Wildman–Crippen MR) is 98.4 cm³/mol. The van der Waals surface area contributed by atoms with Crippen LogP contribution in [0.1, 0.15) is 27.0 Å². The molecular formula is C20H25N3O. The van der Waals surface area contributed by atoms with Crippen LogP contribution in [0.25, 0.3) is 0 Å². The Kier molecular flexibility index (Phi) is 4.86. The van der Waals surface area contributed by atoms with E-state index in [0.717, 1.165) is 37.3 Å². The van der Waals surface area contributed by atoms with Gasteiger partial charge >= 0.3 is 0 Å². The van der Waals surface area contributed by atoms with Gasteiger partial charge in [-0.1, -0.05) is 24.3 Å². The van der Waals surface area contributed by atoms with E-state index in [1.165, 1.54) is 16.8 Å². The molecular weight excluding hydrogens is 298 g/mol. The zero-order valence-corrected chi connectivity index (χ0v) is 14.5. The number of hydrogen-bond donors (Lipinski definition) is 1. The number of rotatable bonds is 3. The Hall–Kier alpha value is -2.33. The molecule has 0 atom stereocenters. The van der Waals surface area contributed by atoms with Crippen molar-refractivity contribution in [3.8, 4) is 0 Å². The summed E-state index contributed by atoms with van der Waals surface area (Å²) in [6.07, 6.45) is 0. The van der Waals surface area contributed by atoms with E-state index in [2.05, 4.69) is 36.9 Å². The second-order valence-corrected chi connectivity index (χ2v) is 6.47. The molecule has 2 N–H and O–H groups in total. The summed E-state index contributed by atoms with van der Waals surface area (Å²) >= 11 is 0. The molecule has 0 radical (unpaired) electrons. The number of nitrogens with two attached hydrogens (primary N) is 1. The maximum atomic E-state index is 12.6. The fourth-order valence-corrected chi connectivity index (χ4v) is 3.18. The van der Waals surface area contributed by atoms with Gasteiger partial charge in [-0.2, -0.15) is 0 Å². The smallest absolute Gasteiger partial charge is 0.253 e. The largest absolute Gasteiger partial charge is 0.368 e. The van der Waals surface area contributed by atoms with Gasteiger partial charge in [0, 0.05) is 44.0 Å². The number of nitrogens with zero attached hydrogens (tertiary/aromatic N) is 2. The van der Waals surface area contributed by atoms with Gasteiger partial charge in [0.15, 0.2) is 0 Å².